The SMILES string of the molecule is C[C@H](N[C@@H]1CCN(C(=O)OC(C)(C)C)C1)[C@H]1CN(C(=O)OCc2ccccc2)CCO1. The van der Waals surface area contributed by atoms with Gasteiger partial charge in [0.25, 0.3) is 0 Å². The molecule has 2 fully saturated rings. The second kappa shape index (κ2) is 10.3. The summed E-state index contributed by atoms with van der Waals surface area (Å²) in [7, 11) is 0. The second-order valence-electron chi connectivity index (χ2n) is 9.26. The molecule has 8 nitrogen and oxygen atoms in total. The number of nitrogens with zero attached hydrogens (tertiary/aromatic N) is 2. The van der Waals surface area contributed by atoms with E-state index in [1.165, 1.54) is 0 Å². The smallest absolute Gasteiger partial charge is 0.410 e. The molecule has 0 aliphatic carbocycles. The third-order valence-electron chi connectivity index (χ3n) is 5.45. The molecule has 8 heteroatoms. The van der Waals surface area contributed by atoms with Crippen molar-refractivity contribution < 1.29 is 23.8 Å². The van der Waals surface area contributed by atoms with Crippen molar-refractivity contribution in [1.82, 2.24) is 15.1 Å². The Kier molecular flexibility index (Phi) is 7.78. The minimum Gasteiger partial charge on any atom is -0.445 e. The first-order valence-electron chi connectivity index (χ1n) is 11.0. The van der Waals surface area contributed by atoms with Gasteiger partial charge in [-0.05, 0) is 39.7 Å². The highest BCUT2D eigenvalue weighted by atomic mass is 16.6. The van der Waals surface area contributed by atoms with E-state index in [9.17, 15) is 9.59 Å². The van der Waals surface area contributed by atoms with Gasteiger partial charge in [-0.2, -0.15) is 0 Å². The second-order valence-corrected chi connectivity index (χ2v) is 9.26. The van der Waals surface area contributed by atoms with Crippen molar-refractivity contribution in [3.8, 4) is 0 Å². The van der Waals surface area contributed by atoms with Crippen LogP contribution in [0.4, 0.5) is 9.59 Å². The first kappa shape index (κ1) is 23.3. The van der Waals surface area contributed by atoms with Gasteiger partial charge in [0.15, 0.2) is 0 Å². The number of benzene rings is 1. The molecule has 2 aliphatic rings. The van der Waals surface area contributed by atoms with Crippen LogP contribution in [0, 0.1) is 0 Å². The molecule has 31 heavy (non-hydrogen) atoms. The average Bonchev–Trinajstić information content (AvgIpc) is 3.20. The molecule has 0 saturated carbocycles. The van der Waals surface area contributed by atoms with Crippen molar-refractivity contribution in [2.24, 2.45) is 0 Å². The number of amides is 2. The monoisotopic (exact) mass is 433 g/mol. The standard InChI is InChI=1S/C23H35N3O5/c1-17(24-19-10-11-25(14-19)22(28)31-23(2,3)4)20-15-26(12-13-29-20)21(27)30-16-18-8-6-5-7-9-18/h5-9,17,19-20,24H,10-16H2,1-4H3/t17-,19+,20+/m0/s1. The fourth-order valence-electron chi connectivity index (χ4n) is 3.82. The molecule has 0 aromatic heterocycles. The molecular formula is C23H35N3O5. The molecule has 1 aromatic carbocycles. The lowest BCUT2D eigenvalue weighted by Gasteiger charge is -2.36. The number of carbonyl (C=O) groups is 2. The van der Waals surface area contributed by atoms with Crippen LogP contribution in [0.15, 0.2) is 30.3 Å². The van der Waals surface area contributed by atoms with Crippen LogP contribution in [-0.4, -0.2) is 78.6 Å². The topological polar surface area (TPSA) is 80.3 Å². The third-order valence-corrected chi connectivity index (χ3v) is 5.45. The number of likely N-dealkylation sites (tertiary alicyclic amines) is 1. The number of hydrogen-bond donors (Lipinski definition) is 1. The molecule has 3 atom stereocenters. The lowest BCUT2D eigenvalue weighted by Crippen LogP contribution is -2.54. The molecule has 1 aromatic rings. The minimum atomic E-state index is -0.496. The Labute approximate surface area is 184 Å². The zero-order valence-electron chi connectivity index (χ0n) is 19.0. The molecule has 2 aliphatic heterocycles. The van der Waals surface area contributed by atoms with Gasteiger partial charge in [0.1, 0.15) is 12.2 Å². The first-order chi connectivity index (χ1) is 14.7. The van der Waals surface area contributed by atoms with E-state index < -0.39 is 5.60 Å². The molecule has 0 unspecified atom stereocenters. The molecule has 0 spiro atoms. The Bertz CT molecular complexity index is 736. The fraction of sp³-hybridized carbons (Fsp3) is 0.652. The zero-order chi connectivity index (χ0) is 22.4. The molecule has 2 saturated heterocycles. The number of hydrogen-bond acceptors (Lipinski definition) is 6. The molecule has 3 rings (SSSR count). The summed E-state index contributed by atoms with van der Waals surface area (Å²) >= 11 is 0. The summed E-state index contributed by atoms with van der Waals surface area (Å²) in [5.74, 6) is 0. The third kappa shape index (κ3) is 7.11. The average molecular weight is 434 g/mol. The van der Waals surface area contributed by atoms with Gasteiger partial charge in [-0.15, -0.1) is 0 Å². The molecular weight excluding hydrogens is 398 g/mol. The van der Waals surface area contributed by atoms with Gasteiger partial charge >= 0.3 is 12.2 Å². The largest absolute Gasteiger partial charge is 0.445 e. The summed E-state index contributed by atoms with van der Waals surface area (Å²) in [5.41, 5.74) is 0.469. The highest BCUT2D eigenvalue weighted by molar-refractivity contribution is 5.68. The zero-order valence-corrected chi connectivity index (χ0v) is 19.0. The number of rotatable bonds is 5. The lowest BCUT2D eigenvalue weighted by atomic mass is 10.1. The Balaban J connectivity index is 1.43. The van der Waals surface area contributed by atoms with Crippen molar-refractivity contribution in [1.29, 1.82) is 0 Å². The molecule has 2 amide bonds. The highest BCUT2D eigenvalue weighted by Gasteiger charge is 2.34. The van der Waals surface area contributed by atoms with E-state index in [1.54, 1.807) is 9.80 Å². The van der Waals surface area contributed by atoms with Crippen molar-refractivity contribution in [3.05, 3.63) is 35.9 Å². The van der Waals surface area contributed by atoms with E-state index >= 15 is 0 Å². The van der Waals surface area contributed by atoms with Gasteiger partial charge in [0.2, 0.25) is 0 Å². The maximum Gasteiger partial charge on any atom is 0.410 e. The van der Waals surface area contributed by atoms with Crippen LogP contribution in [0.2, 0.25) is 0 Å². The van der Waals surface area contributed by atoms with Crippen LogP contribution in [-0.2, 0) is 20.8 Å². The van der Waals surface area contributed by atoms with Gasteiger partial charge < -0.3 is 29.3 Å². The highest BCUT2D eigenvalue weighted by Crippen LogP contribution is 2.17. The molecule has 2 heterocycles. The summed E-state index contributed by atoms with van der Waals surface area (Å²) in [6.45, 7) is 10.7. The number of carbonyl (C=O) groups excluding carboxylic acids is 2. The Morgan fingerprint density at radius 3 is 2.55 bits per heavy atom. The maximum atomic E-state index is 12.5. The van der Waals surface area contributed by atoms with Crippen molar-refractivity contribution in [3.63, 3.8) is 0 Å². The van der Waals surface area contributed by atoms with E-state index in [2.05, 4.69) is 12.2 Å². The normalized spacial score (nSPS) is 22.8. The molecule has 172 valence electrons. The Hall–Kier alpha value is -2.32. The Morgan fingerprint density at radius 1 is 1.13 bits per heavy atom. The predicted octanol–water partition coefficient (Wildman–Crippen LogP) is 3.01. The van der Waals surface area contributed by atoms with Gasteiger partial charge in [-0.25, -0.2) is 9.59 Å². The molecule has 1 N–H and O–H groups in total. The van der Waals surface area contributed by atoms with Gasteiger partial charge in [0.05, 0.1) is 19.3 Å². The van der Waals surface area contributed by atoms with E-state index in [0.29, 0.717) is 32.8 Å². The van der Waals surface area contributed by atoms with Crippen molar-refractivity contribution in [2.45, 2.75) is 64.5 Å². The first-order valence-corrected chi connectivity index (χ1v) is 11.0. The van der Waals surface area contributed by atoms with Crippen LogP contribution in [0.1, 0.15) is 39.7 Å². The number of nitrogens with one attached hydrogen (secondary N) is 1. The van der Waals surface area contributed by atoms with Crippen LogP contribution < -0.4 is 5.32 Å². The van der Waals surface area contributed by atoms with Gasteiger partial charge in [-0.3, -0.25) is 0 Å². The lowest BCUT2D eigenvalue weighted by molar-refractivity contribution is -0.0431. The Morgan fingerprint density at radius 2 is 1.84 bits per heavy atom. The predicted molar refractivity (Wildman–Crippen MR) is 117 cm³/mol. The van der Waals surface area contributed by atoms with E-state index in [1.807, 2.05) is 51.1 Å². The van der Waals surface area contributed by atoms with Crippen LogP contribution in [0.25, 0.3) is 0 Å². The summed E-state index contributed by atoms with van der Waals surface area (Å²) in [6.07, 6.45) is 0.139. The number of morpholine rings is 1. The van der Waals surface area contributed by atoms with Crippen LogP contribution >= 0.6 is 0 Å². The molecule has 0 bridgehead atoms. The fourth-order valence-corrected chi connectivity index (χ4v) is 3.82. The summed E-state index contributed by atoms with van der Waals surface area (Å²) < 4.78 is 16.8. The van der Waals surface area contributed by atoms with Crippen LogP contribution in [0.3, 0.4) is 0 Å². The maximum absolute atomic E-state index is 12.5. The van der Waals surface area contributed by atoms with Crippen LogP contribution in [0.5, 0.6) is 0 Å². The quantitative estimate of drug-likeness (QED) is 0.769. The van der Waals surface area contributed by atoms with Gasteiger partial charge in [0, 0.05) is 31.7 Å². The molecule has 0 radical (unpaired) electrons. The van der Waals surface area contributed by atoms with Crippen molar-refractivity contribution >= 4 is 12.2 Å². The summed E-state index contributed by atoms with van der Waals surface area (Å²) in [6, 6.07) is 9.86. The summed E-state index contributed by atoms with van der Waals surface area (Å²) in [5, 5.41) is 3.56. The van der Waals surface area contributed by atoms with Gasteiger partial charge in [-0.1, -0.05) is 30.3 Å². The van der Waals surface area contributed by atoms with E-state index in [4.69, 9.17) is 14.2 Å². The summed E-state index contributed by atoms with van der Waals surface area (Å²) in [4.78, 5) is 28.2. The number of ether oxygens (including phenoxy) is 3. The van der Waals surface area contributed by atoms with E-state index in [0.717, 1.165) is 12.0 Å². The minimum absolute atomic E-state index is 0.0355. The van der Waals surface area contributed by atoms with E-state index in [-0.39, 0.29) is 37.0 Å². The van der Waals surface area contributed by atoms with Crippen molar-refractivity contribution in [2.75, 3.05) is 32.8 Å².